The zero-order chi connectivity index (χ0) is 12.4. The Labute approximate surface area is 103 Å². The Hall–Kier alpha value is -0.900. The zero-order valence-electron chi connectivity index (χ0n) is 11.0. The third kappa shape index (κ3) is 3.28. The molecule has 2 rings (SSSR count). The lowest BCUT2D eigenvalue weighted by molar-refractivity contribution is 0.329. The van der Waals surface area contributed by atoms with Crippen LogP contribution in [-0.4, -0.2) is 16.7 Å². The average Bonchev–Trinajstić information content (AvgIpc) is 2.82. The lowest BCUT2D eigenvalue weighted by Crippen LogP contribution is -2.19. The average molecular weight is 237 g/mol. The Morgan fingerprint density at radius 3 is 2.71 bits per heavy atom. The number of hydrogen-bond acceptors (Lipinski definition) is 4. The number of aromatic nitrogens is 2. The highest BCUT2D eigenvalue weighted by Crippen LogP contribution is 2.45. The Morgan fingerprint density at radius 2 is 2.18 bits per heavy atom. The number of rotatable bonds is 6. The maximum Gasteiger partial charge on any atom is 0.226 e. The van der Waals surface area contributed by atoms with Gasteiger partial charge in [0.15, 0.2) is 5.82 Å². The van der Waals surface area contributed by atoms with Gasteiger partial charge in [0, 0.05) is 12.3 Å². The van der Waals surface area contributed by atoms with Crippen molar-refractivity contribution in [2.24, 2.45) is 23.5 Å². The molecule has 3 unspecified atom stereocenters. The molecular weight excluding hydrogens is 214 g/mol. The summed E-state index contributed by atoms with van der Waals surface area (Å²) >= 11 is 0. The largest absolute Gasteiger partial charge is 0.339 e. The van der Waals surface area contributed by atoms with Crippen LogP contribution in [0.4, 0.5) is 0 Å². The summed E-state index contributed by atoms with van der Waals surface area (Å²) in [5.74, 6) is 4.03. The first-order valence-corrected chi connectivity index (χ1v) is 6.62. The topological polar surface area (TPSA) is 64.9 Å². The third-order valence-corrected chi connectivity index (χ3v) is 3.53. The van der Waals surface area contributed by atoms with Crippen LogP contribution in [0.3, 0.4) is 0 Å². The fourth-order valence-corrected chi connectivity index (χ4v) is 2.36. The summed E-state index contributed by atoms with van der Waals surface area (Å²) in [6, 6.07) is 0. The minimum atomic E-state index is 0.458. The van der Waals surface area contributed by atoms with E-state index in [2.05, 4.69) is 30.9 Å². The number of nitrogens with zero attached hydrogens (tertiary/aromatic N) is 2. The summed E-state index contributed by atoms with van der Waals surface area (Å²) in [7, 11) is 0. The number of nitrogens with two attached hydrogens (primary N) is 1. The van der Waals surface area contributed by atoms with E-state index in [0.717, 1.165) is 30.5 Å². The summed E-state index contributed by atoms with van der Waals surface area (Å²) in [6.07, 6.45) is 3.14. The third-order valence-electron chi connectivity index (χ3n) is 3.53. The van der Waals surface area contributed by atoms with Gasteiger partial charge in [0.1, 0.15) is 0 Å². The van der Waals surface area contributed by atoms with Gasteiger partial charge >= 0.3 is 0 Å². The van der Waals surface area contributed by atoms with Gasteiger partial charge in [0.05, 0.1) is 0 Å². The fourth-order valence-electron chi connectivity index (χ4n) is 2.36. The molecule has 4 heteroatoms. The molecule has 3 atom stereocenters. The van der Waals surface area contributed by atoms with Crippen LogP contribution in [0.5, 0.6) is 0 Å². The van der Waals surface area contributed by atoms with Gasteiger partial charge in [-0.3, -0.25) is 0 Å². The van der Waals surface area contributed by atoms with Crippen molar-refractivity contribution >= 4 is 0 Å². The molecule has 1 aliphatic carbocycles. The highest BCUT2D eigenvalue weighted by atomic mass is 16.5. The first kappa shape index (κ1) is 12.6. The van der Waals surface area contributed by atoms with Gasteiger partial charge < -0.3 is 10.3 Å². The Kier molecular flexibility index (Phi) is 3.82. The summed E-state index contributed by atoms with van der Waals surface area (Å²) in [5, 5.41) is 4.07. The molecule has 0 amide bonds. The molecule has 1 aromatic rings. The van der Waals surface area contributed by atoms with Gasteiger partial charge in [-0.05, 0) is 37.1 Å². The molecular formula is C13H23N3O. The molecule has 0 aliphatic heterocycles. The second kappa shape index (κ2) is 5.17. The Morgan fingerprint density at radius 1 is 1.47 bits per heavy atom. The molecule has 0 aromatic carbocycles. The monoisotopic (exact) mass is 237 g/mol. The second-order valence-electron chi connectivity index (χ2n) is 5.80. The molecule has 17 heavy (non-hydrogen) atoms. The van der Waals surface area contributed by atoms with Crippen molar-refractivity contribution in [2.45, 2.75) is 46.0 Å². The van der Waals surface area contributed by atoms with Gasteiger partial charge in [-0.2, -0.15) is 4.98 Å². The van der Waals surface area contributed by atoms with E-state index >= 15 is 0 Å². The molecule has 0 radical (unpaired) electrons. The van der Waals surface area contributed by atoms with E-state index in [0.29, 0.717) is 24.3 Å². The predicted molar refractivity (Wildman–Crippen MR) is 66.5 cm³/mol. The molecule has 2 N–H and O–H groups in total. The zero-order valence-corrected chi connectivity index (χ0v) is 11.0. The maximum atomic E-state index is 5.78. The lowest BCUT2D eigenvalue weighted by Gasteiger charge is -2.14. The summed E-state index contributed by atoms with van der Waals surface area (Å²) in [5.41, 5.74) is 5.78. The van der Waals surface area contributed by atoms with E-state index in [1.54, 1.807) is 0 Å². The molecule has 0 bridgehead atoms. The van der Waals surface area contributed by atoms with E-state index in [1.165, 1.54) is 6.42 Å². The molecule has 1 aliphatic rings. The summed E-state index contributed by atoms with van der Waals surface area (Å²) in [4.78, 5) is 4.48. The molecule has 1 heterocycles. The van der Waals surface area contributed by atoms with Crippen molar-refractivity contribution in [2.75, 3.05) is 6.54 Å². The van der Waals surface area contributed by atoms with Crippen molar-refractivity contribution in [1.29, 1.82) is 0 Å². The van der Waals surface area contributed by atoms with E-state index in [9.17, 15) is 0 Å². The fraction of sp³-hybridized carbons (Fsp3) is 0.846. The first-order chi connectivity index (χ1) is 8.10. The van der Waals surface area contributed by atoms with Crippen LogP contribution < -0.4 is 5.73 Å². The van der Waals surface area contributed by atoms with Crippen LogP contribution in [0, 0.1) is 17.8 Å². The Balaban J connectivity index is 1.91. The van der Waals surface area contributed by atoms with Gasteiger partial charge in [-0.25, -0.2) is 0 Å². The highest BCUT2D eigenvalue weighted by molar-refractivity contribution is 5.07. The minimum Gasteiger partial charge on any atom is -0.339 e. The minimum absolute atomic E-state index is 0.458. The smallest absolute Gasteiger partial charge is 0.226 e. The molecule has 0 spiro atoms. The van der Waals surface area contributed by atoms with Crippen molar-refractivity contribution in [3.05, 3.63) is 11.7 Å². The SMILES string of the molecule is CC(C)CC(CN)Cc1nc(C2CC2C)no1. The van der Waals surface area contributed by atoms with Gasteiger partial charge in [-0.15, -0.1) is 0 Å². The van der Waals surface area contributed by atoms with Crippen LogP contribution in [0.1, 0.15) is 51.2 Å². The molecule has 1 aromatic heterocycles. The Bertz CT molecular complexity index is 361. The molecule has 1 saturated carbocycles. The summed E-state index contributed by atoms with van der Waals surface area (Å²) in [6.45, 7) is 7.35. The number of hydrogen-bond donors (Lipinski definition) is 1. The van der Waals surface area contributed by atoms with E-state index in [4.69, 9.17) is 10.3 Å². The highest BCUT2D eigenvalue weighted by Gasteiger charge is 2.38. The van der Waals surface area contributed by atoms with Crippen LogP contribution in [0.15, 0.2) is 4.52 Å². The maximum absolute atomic E-state index is 5.78. The van der Waals surface area contributed by atoms with Gasteiger partial charge in [0.2, 0.25) is 5.89 Å². The quantitative estimate of drug-likeness (QED) is 0.825. The van der Waals surface area contributed by atoms with Gasteiger partial charge in [0.25, 0.3) is 0 Å². The van der Waals surface area contributed by atoms with E-state index in [1.807, 2.05) is 0 Å². The van der Waals surface area contributed by atoms with Crippen LogP contribution in [0.25, 0.3) is 0 Å². The normalized spacial score (nSPS) is 25.2. The van der Waals surface area contributed by atoms with Crippen LogP contribution in [-0.2, 0) is 6.42 Å². The van der Waals surface area contributed by atoms with Crippen LogP contribution in [0.2, 0.25) is 0 Å². The predicted octanol–water partition coefficient (Wildman–Crippen LogP) is 2.36. The molecule has 4 nitrogen and oxygen atoms in total. The molecule has 0 saturated heterocycles. The van der Waals surface area contributed by atoms with Crippen molar-refractivity contribution in [3.8, 4) is 0 Å². The first-order valence-electron chi connectivity index (χ1n) is 6.62. The van der Waals surface area contributed by atoms with E-state index in [-0.39, 0.29) is 0 Å². The summed E-state index contributed by atoms with van der Waals surface area (Å²) < 4.78 is 5.31. The second-order valence-corrected chi connectivity index (χ2v) is 5.80. The molecule has 96 valence electrons. The van der Waals surface area contributed by atoms with Crippen molar-refractivity contribution in [1.82, 2.24) is 10.1 Å². The molecule has 1 fully saturated rings. The van der Waals surface area contributed by atoms with Crippen molar-refractivity contribution in [3.63, 3.8) is 0 Å². The standard InChI is InChI=1S/C13H23N3O/c1-8(2)4-10(7-14)6-12-15-13(16-17-12)11-5-9(11)3/h8-11H,4-7,14H2,1-3H3. The van der Waals surface area contributed by atoms with Gasteiger partial charge in [-0.1, -0.05) is 25.9 Å². The van der Waals surface area contributed by atoms with E-state index < -0.39 is 0 Å². The van der Waals surface area contributed by atoms with Crippen molar-refractivity contribution < 1.29 is 4.52 Å². The lowest BCUT2D eigenvalue weighted by atomic mass is 9.94. The van der Waals surface area contributed by atoms with Crippen LogP contribution >= 0.6 is 0 Å².